The minimum absolute atomic E-state index is 0.125. The molecule has 2 amide bonds. The molecule has 2 aromatic carbocycles. The first-order valence-corrected chi connectivity index (χ1v) is 8.25. The highest BCUT2D eigenvalue weighted by atomic mass is 16.2. The van der Waals surface area contributed by atoms with Crippen molar-refractivity contribution >= 4 is 23.2 Å². The summed E-state index contributed by atoms with van der Waals surface area (Å²) >= 11 is 0. The summed E-state index contributed by atoms with van der Waals surface area (Å²) in [7, 11) is 0. The van der Waals surface area contributed by atoms with Crippen molar-refractivity contribution in [1.29, 1.82) is 0 Å². The Kier molecular flexibility index (Phi) is 4.38. The van der Waals surface area contributed by atoms with Gasteiger partial charge < -0.3 is 10.2 Å². The van der Waals surface area contributed by atoms with Crippen molar-refractivity contribution in [3.8, 4) is 0 Å². The SMILES string of the molecule is Cc1cc(C)c(C(=O)Nc2cccc(N3CCCC3=O)c2)cc1C. The highest BCUT2D eigenvalue weighted by Gasteiger charge is 2.22. The third-order valence-corrected chi connectivity index (χ3v) is 4.57. The van der Waals surface area contributed by atoms with Crippen LogP contribution in [-0.4, -0.2) is 18.4 Å². The van der Waals surface area contributed by atoms with E-state index in [4.69, 9.17) is 0 Å². The first-order valence-electron chi connectivity index (χ1n) is 8.25. The zero-order valence-corrected chi connectivity index (χ0v) is 14.3. The Balaban J connectivity index is 1.82. The van der Waals surface area contributed by atoms with Crippen LogP contribution in [-0.2, 0) is 4.79 Å². The average molecular weight is 322 g/mol. The Labute approximate surface area is 142 Å². The average Bonchev–Trinajstić information content (AvgIpc) is 2.97. The second-order valence-corrected chi connectivity index (χ2v) is 6.40. The van der Waals surface area contributed by atoms with Gasteiger partial charge in [-0.3, -0.25) is 9.59 Å². The lowest BCUT2D eigenvalue weighted by Crippen LogP contribution is -2.23. The molecule has 0 aliphatic carbocycles. The van der Waals surface area contributed by atoms with Gasteiger partial charge in [0.15, 0.2) is 0 Å². The second kappa shape index (κ2) is 6.48. The van der Waals surface area contributed by atoms with Crippen LogP contribution in [0, 0.1) is 20.8 Å². The number of rotatable bonds is 3. The van der Waals surface area contributed by atoms with E-state index in [1.807, 2.05) is 57.2 Å². The molecular formula is C20H22N2O2. The summed E-state index contributed by atoms with van der Waals surface area (Å²) in [5, 5.41) is 2.95. The van der Waals surface area contributed by atoms with Crippen molar-refractivity contribution in [2.24, 2.45) is 0 Å². The molecule has 1 aliphatic heterocycles. The van der Waals surface area contributed by atoms with Gasteiger partial charge in [-0.15, -0.1) is 0 Å². The maximum absolute atomic E-state index is 12.6. The van der Waals surface area contributed by atoms with Gasteiger partial charge in [-0.05, 0) is 68.1 Å². The first-order chi connectivity index (χ1) is 11.5. The summed E-state index contributed by atoms with van der Waals surface area (Å²) in [6, 6.07) is 11.4. The van der Waals surface area contributed by atoms with E-state index in [0.717, 1.165) is 29.8 Å². The van der Waals surface area contributed by atoms with Gasteiger partial charge in [-0.1, -0.05) is 12.1 Å². The van der Waals surface area contributed by atoms with Crippen LogP contribution in [0.3, 0.4) is 0 Å². The van der Waals surface area contributed by atoms with Crippen LogP contribution in [0.25, 0.3) is 0 Å². The van der Waals surface area contributed by atoms with Gasteiger partial charge >= 0.3 is 0 Å². The minimum Gasteiger partial charge on any atom is -0.322 e. The summed E-state index contributed by atoms with van der Waals surface area (Å²) in [4.78, 5) is 26.3. The van der Waals surface area contributed by atoms with Gasteiger partial charge in [0.2, 0.25) is 5.91 Å². The Morgan fingerprint density at radius 3 is 2.50 bits per heavy atom. The lowest BCUT2D eigenvalue weighted by molar-refractivity contribution is -0.117. The molecule has 3 rings (SSSR count). The summed E-state index contributed by atoms with van der Waals surface area (Å²) in [6.07, 6.45) is 1.48. The molecular weight excluding hydrogens is 300 g/mol. The van der Waals surface area contributed by atoms with Crippen LogP contribution < -0.4 is 10.2 Å². The molecule has 2 aromatic rings. The number of nitrogens with one attached hydrogen (secondary N) is 1. The van der Waals surface area contributed by atoms with Crippen molar-refractivity contribution in [3.05, 3.63) is 58.7 Å². The fourth-order valence-corrected chi connectivity index (χ4v) is 3.08. The van der Waals surface area contributed by atoms with E-state index in [9.17, 15) is 9.59 Å². The molecule has 1 aliphatic rings. The van der Waals surface area contributed by atoms with Crippen LogP contribution in [0.2, 0.25) is 0 Å². The molecule has 0 radical (unpaired) electrons. The maximum atomic E-state index is 12.6. The lowest BCUT2D eigenvalue weighted by atomic mass is 10.0. The van der Waals surface area contributed by atoms with E-state index in [1.165, 1.54) is 5.56 Å². The number of hydrogen-bond donors (Lipinski definition) is 1. The highest BCUT2D eigenvalue weighted by Crippen LogP contribution is 2.25. The van der Waals surface area contributed by atoms with Gasteiger partial charge in [0.1, 0.15) is 0 Å². The zero-order valence-electron chi connectivity index (χ0n) is 14.3. The Morgan fingerprint density at radius 1 is 1.04 bits per heavy atom. The molecule has 124 valence electrons. The molecule has 0 spiro atoms. The molecule has 4 heteroatoms. The quantitative estimate of drug-likeness (QED) is 0.929. The predicted molar refractivity (Wildman–Crippen MR) is 96.6 cm³/mol. The molecule has 0 bridgehead atoms. The van der Waals surface area contributed by atoms with Gasteiger partial charge in [-0.25, -0.2) is 0 Å². The van der Waals surface area contributed by atoms with Crippen LogP contribution in [0.15, 0.2) is 36.4 Å². The number of hydrogen-bond acceptors (Lipinski definition) is 2. The van der Waals surface area contributed by atoms with Crippen LogP contribution in [0.5, 0.6) is 0 Å². The molecule has 1 N–H and O–H groups in total. The smallest absolute Gasteiger partial charge is 0.255 e. The number of amides is 2. The molecule has 0 atom stereocenters. The number of anilines is 2. The van der Waals surface area contributed by atoms with Gasteiger partial charge in [-0.2, -0.15) is 0 Å². The summed E-state index contributed by atoms with van der Waals surface area (Å²) in [5.41, 5.74) is 5.46. The van der Waals surface area contributed by atoms with Crippen molar-refractivity contribution in [2.45, 2.75) is 33.6 Å². The van der Waals surface area contributed by atoms with Crippen molar-refractivity contribution in [1.82, 2.24) is 0 Å². The Bertz CT molecular complexity index is 811. The largest absolute Gasteiger partial charge is 0.322 e. The van der Waals surface area contributed by atoms with Crippen LogP contribution in [0.1, 0.15) is 39.9 Å². The molecule has 1 saturated heterocycles. The third-order valence-electron chi connectivity index (χ3n) is 4.57. The molecule has 1 heterocycles. The molecule has 4 nitrogen and oxygen atoms in total. The van der Waals surface area contributed by atoms with Crippen LogP contribution in [0.4, 0.5) is 11.4 Å². The van der Waals surface area contributed by atoms with E-state index in [0.29, 0.717) is 17.7 Å². The summed E-state index contributed by atoms with van der Waals surface area (Å²) in [6.45, 7) is 6.74. The van der Waals surface area contributed by atoms with Gasteiger partial charge in [0, 0.05) is 29.9 Å². The minimum atomic E-state index is -0.125. The van der Waals surface area contributed by atoms with E-state index >= 15 is 0 Å². The topological polar surface area (TPSA) is 49.4 Å². The number of aryl methyl sites for hydroxylation is 3. The van der Waals surface area contributed by atoms with E-state index < -0.39 is 0 Å². The van der Waals surface area contributed by atoms with E-state index in [1.54, 1.807) is 4.90 Å². The molecule has 0 saturated carbocycles. The number of carbonyl (C=O) groups excluding carboxylic acids is 2. The van der Waals surface area contributed by atoms with Gasteiger partial charge in [0.25, 0.3) is 5.91 Å². The van der Waals surface area contributed by atoms with E-state index in [-0.39, 0.29) is 11.8 Å². The standard InChI is InChI=1S/C20H22N2O2/c1-13-10-15(3)18(11-14(13)2)20(24)21-16-6-4-7-17(12-16)22-9-5-8-19(22)23/h4,6-7,10-12H,5,8-9H2,1-3H3,(H,21,24). The molecule has 0 aromatic heterocycles. The van der Waals surface area contributed by atoms with Crippen molar-refractivity contribution < 1.29 is 9.59 Å². The first kappa shape index (κ1) is 16.2. The Morgan fingerprint density at radius 2 is 1.79 bits per heavy atom. The molecule has 1 fully saturated rings. The third kappa shape index (κ3) is 3.18. The van der Waals surface area contributed by atoms with E-state index in [2.05, 4.69) is 5.32 Å². The number of nitrogens with zero attached hydrogens (tertiary/aromatic N) is 1. The normalized spacial score (nSPS) is 14.1. The zero-order chi connectivity index (χ0) is 17.3. The second-order valence-electron chi connectivity index (χ2n) is 6.40. The van der Waals surface area contributed by atoms with Crippen LogP contribution >= 0.6 is 0 Å². The highest BCUT2D eigenvalue weighted by molar-refractivity contribution is 6.06. The number of carbonyl (C=O) groups is 2. The Hall–Kier alpha value is -2.62. The molecule has 0 unspecified atom stereocenters. The fourth-order valence-electron chi connectivity index (χ4n) is 3.08. The van der Waals surface area contributed by atoms with Crippen molar-refractivity contribution in [2.75, 3.05) is 16.8 Å². The summed E-state index contributed by atoms with van der Waals surface area (Å²) in [5.74, 6) is 0.0176. The summed E-state index contributed by atoms with van der Waals surface area (Å²) < 4.78 is 0. The monoisotopic (exact) mass is 322 g/mol. The fraction of sp³-hybridized carbons (Fsp3) is 0.300. The van der Waals surface area contributed by atoms with Crippen molar-refractivity contribution in [3.63, 3.8) is 0 Å². The maximum Gasteiger partial charge on any atom is 0.255 e. The lowest BCUT2D eigenvalue weighted by Gasteiger charge is -2.17. The molecule has 24 heavy (non-hydrogen) atoms. The van der Waals surface area contributed by atoms with Gasteiger partial charge in [0.05, 0.1) is 0 Å². The number of benzene rings is 2. The predicted octanol–water partition coefficient (Wildman–Crippen LogP) is 3.99.